The van der Waals surface area contributed by atoms with E-state index in [1.165, 1.54) is 6.07 Å². The van der Waals surface area contributed by atoms with Crippen molar-refractivity contribution in [3.63, 3.8) is 0 Å². The summed E-state index contributed by atoms with van der Waals surface area (Å²) in [7, 11) is -3.60. The Hall–Kier alpha value is -2.38. The van der Waals surface area contributed by atoms with Crippen LogP contribution in [-0.2, 0) is 10.0 Å². The normalized spacial score (nSPS) is 15.7. The van der Waals surface area contributed by atoms with E-state index in [2.05, 4.69) is 4.72 Å². The number of benzene rings is 2. The highest BCUT2D eigenvalue weighted by Crippen LogP contribution is 2.22. The van der Waals surface area contributed by atoms with Crippen LogP contribution in [0, 0.1) is 13.8 Å². The number of likely N-dealkylation sites (tertiary alicyclic amines) is 1. The highest BCUT2D eigenvalue weighted by Gasteiger charge is 2.28. The number of hydrogen-bond donors (Lipinski definition) is 2. The van der Waals surface area contributed by atoms with Crippen LogP contribution in [0.25, 0.3) is 0 Å². The van der Waals surface area contributed by atoms with Gasteiger partial charge in [0.15, 0.2) is 0 Å². The lowest BCUT2D eigenvalue weighted by Gasteiger charge is -2.32. The zero-order chi connectivity index (χ0) is 19.6. The first-order chi connectivity index (χ1) is 12.8. The lowest BCUT2D eigenvalue weighted by Crippen LogP contribution is -2.46. The van der Waals surface area contributed by atoms with Gasteiger partial charge in [-0.05, 0) is 50.5 Å². The second-order valence-electron chi connectivity index (χ2n) is 6.97. The van der Waals surface area contributed by atoms with E-state index in [0.717, 1.165) is 11.1 Å². The van der Waals surface area contributed by atoms with Crippen LogP contribution in [0.5, 0.6) is 5.75 Å². The molecule has 144 valence electrons. The summed E-state index contributed by atoms with van der Waals surface area (Å²) in [5, 5.41) is 9.85. The first-order valence-corrected chi connectivity index (χ1v) is 10.4. The van der Waals surface area contributed by atoms with E-state index >= 15 is 0 Å². The lowest BCUT2D eigenvalue weighted by atomic mass is 10.0. The zero-order valence-corrected chi connectivity index (χ0v) is 16.3. The highest BCUT2D eigenvalue weighted by atomic mass is 32.2. The van der Waals surface area contributed by atoms with E-state index in [4.69, 9.17) is 0 Å². The summed E-state index contributed by atoms with van der Waals surface area (Å²) in [5.41, 5.74) is 2.00. The molecule has 0 saturated carbocycles. The topological polar surface area (TPSA) is 86.7 Å². The van der Waals surface area contributed by atoms with Crippen LogP contribution in [0.2, 0.25) is 0 Å². The van der Waals surface area contributed by atoms with Crippen molar-refractivity contribution in [1.29, 1.82) is 0 Å². The van der Waals surface area contributed by atoms with Gasteiger partial charge in [0, 0.05) is 19.1 Å². The first kappa shape index (κ1) is 19.4. The van der Waals surface area contributed by atoms with Gasteiger partial charge in [-0.25, -0.2) is 13.1 Å². The molecule has 0 atom stereocenters. The predicted molar refractivity (Wildman–Crippen MR) is 103 cm³/mol. The Bertz CT molecular complexity index is 948. The van der Waals surface area contributed by atoms with Crippen LogP contribution in [0.15, 0.2) is 47.4 Å². The van der Waals surface area contributed by atoms with E-state index in [0.29, 0.717) is 30.8 Å². The molecule has 1 aliphatic rings. The van der Waals surface area contributed by atoms with Crippen molar-refractivity contribution in [2.45, 2.75) is 37.6 Å². The number of sulfonamides is 1. The van der Waals surface area contributed by atoms with Gasteiger partial charge in [0.1, 0.15) is 5.75 Å². The number of amides is 1. The molecule has 1 aliphatic heterocycles. The summed E-state index contributed by atoms with van der Waals surface area (Å²) in [4.78, 5) is 14.5. The molecule has 0 bridgehead atoms. The number of phenolic OH excluding ortho intramolecular Hbond substituents is 1. The molecule has 27 heavy (non-hydrogen) atoms. The number of nitrogens with zero attached hydrogens (tertiary/aromatic N) is 1. The molecule has 0 unspecified atom stereocenters. The van der Waals surface area contributed by atoms with E-state index in [9.17, 15) is 18.3 Å². The van der Waals surface area contributed by atoms with Gasteiger partial charge in [-0.1, -0.05) is 29.8 Å². The molecule has 0 spiro atoms. The van der Waals surface area contributed by atoms with Crippen molar-refractivity contribution in [3.05, 3.63) is 59.2 Å². The van der Waals surface area contributed by atoms with Crippen LogP contribution in [-0.4, -0.2) is 43.5 Å². The standard InChI is InChI=1S/C20H24N2O4S/c1-14-7-8-19(15(2)13-14)27(25,26)21-16-9-11-22(12-10-16)20(24)17-5-3-4-6-18(17)23/h3-8,13,16,21,23H,9-12H2,1-2H3. The fraction of sp³-hybridized carbons (Fsp3) is 0.350. The molecule has 2 aromatic rings. The average Bonchev–Trinajstić information content (AvgIpc) is 2.61. The van der Waals surface area contributed by atoms with Gasteiger partial charge in [-0.3, -0.25) is 4.79 Å². The minimum atomic E-state index is -3.60. The summed E-state index contributed by atoms with van der Waals surface area (Å²) in [6, 6.07) is 11.5. The van der Waals surface area contributed by atoms with Crippen molar-refractivity contribution >= 4 is 15.9 Å². The van der Waals surface area contributed by atoms with Gasteiger partial charge >= 0.3 is 0 Å². The van der Waals surface area contributed by atoms with Gasteiger partial charge < -0.3 is 10.0 Å². The molecular weight excluding hydrogens is 364 g/mol. The van der Waals surface area contributed by atoms with E-state index in [1.807, 2.05) is 13.0 Å². The largest absolute Gasteiger partial charge is 0.507 e. The maximum Gasteiger partial charge on any atom is 0.257 e. The Balaban J connectivity index is 1.64. The molecule has 1 amide bonds. The molecule has 0 aromatic heterocycles. The maximum atomic E-state index is 12.7. The monoisotopic (exact) mass is 388 g/mol. The minimum absolute atomic E-state index is 0.0415. The van der Waals surface area contributed by atoms with Gasteiger partial charge in [-0.15, -0.1) is 0 Å². The molecular formula is C20H24N2O4S. The zero-order valence-electron chi connectivity index (χ0n) is 15.5. The quantitative estimate of drug-likeness (QED) is 0.843. The lowest BCUT2D eigenvalue weighted by molar-refractivity contribution is 0.0708. The Morgan fingerprint density at radius 1 is 1.11 bits per heavy atom. The van der Waals surface area contributed by atoms with Gasteiger partial charge in [0.05, 0.1) is 10.5 Å². The van der Waals surface area contributed by atoms with Crippen molar-refractivity contribution in [2.75, 3.05) is 13.1 Å². The van der Waals surface area contributed by atoms with Crippen LogP contribution >= 0.6 is 0 Å². The minimum Gasteiger partial charge on any atom is -0.507 e. The fourth-order valence-corrected chi connectivity index (χ4v) is 4.94. The van der Waals surface area contributed by atoms with E-state index < -0.39 is 10.0 Å². The number of carbonyl (C=O) groups excluding carboxylic acids is 1. The smallest absolute Gasteiger partial charge is 0.257 e. The van der Waals surface area contributed by atoms with Crippen LogP contribution in [0.1, 0.15) is 34.3 Å². The predicted octanol–water partition coefficient (Wildman–Crippen LogP) is 2.59. The van der Waals surface area contributed by atoms with Crippen molar-refractivity contribution in [3.8, 4) is 5.75 Å². The third-order valence-corrected chi connectivity index (χ3v) is 6.54. The number of nitrogens with one attached hydrogen (secondary N) is 1. The van der Waals surface area contributed by atoms with E-state index in [1.54, 1.807) is 42.2 Å². The molecule has 2 N–H and O–H groups in total. The van der Waals surface area contributed by atoms with Crippen LogP contribution in [0.4, 0.5) is 0 Å². The second-order valence-corrected chi connectivity index (χ2v) is 8.66. The summed E-state index contributed by atoms with van der Waals surface area (Å²) in [6.45, 7) is 4.59. The first-order valence-electron chi connectivity index (χ1n) is 8.95. The van der Waals surface area contributed by atoms with Crippen molar-refractivity contribution in [1.82, 2.24) is 9.62 Å². The number of aromatic hydroxyl groups is 1. The fourth-order valence-electron chi connectivity index (χ4n) is 3.41. The number of rotatable bonds is 4. The average molecular weight is 388 g/mol. The molecule has 6 nitrogen and oxygen atoms in total. The third-order valence-electron chi connectivity index (χ3n) is 4.86. The van der Waals surface area contributed by atoms with Crippen LogP contribution in [0.3, 0.4) is 0 Å². The molecule has 1 fully saturated rings. The highest BCUT2D eigenvalue weighted by molar-refractivity contribution is 7.89. The summed E-state index contributed by atoms with van der Waals surface area (Å²) in [5.74, 6) is -0.274. The molecule has 3 rings (SSSR count). The Morgan fingerprint density at radius 2 is 1.78 bits per heavy atom. The SMILES string of the molecule is Cc1ccc(S(=O)(=O)NC2CCN(C(=O)c3ccccc3O)CC2)c(C)c1. The molecule has 0 aliphatic carbocycles. The number of piperidine rings is 1. The van der Waals surface area contributed by atoms with Crippen molar-refractivity contribution in [2.24, 2.45) is 0 Å². The second kappa shape index (κ2) is 7.70. The molecule has 1 saturated heterocycles. The summed E-state index contributed by atoms with van der Waals surface area (Å²) >= 11 is 0. The van der Waals surface area contributed by atoms with Crippen molar-refractivity contribution < 1.29 is 18.3 Å². The number of para-hydroxylation sites is 1. The molecule has 0 radical (unpaired) electrons. The molecule has 1 heterocycles. The molecule has 7 heteroatoms. The van der Waals surface area contributed by atoms with E-state index in [-0.39, 0.29) is 23.3 Å². The van der Waals surface area contributed by atoms with Gasteiger partial charge in [0.25, 0.3) is 5.91 Å². The number of hydrogen-bond acceptors (Lipinski definition) is 4. The Kier molecular flexibility index (Phi) is 5.53. The van der Waals surface area contributed by atoms with Gasteiger partial charge in [-0.2, -0.15) is 0 Å². The summed E-state index contributed by atoms with van der Waals surface area (Å²) < 4.78 is 28.1. The number of aryl methyl sites for hydroxylation is 2. The van der Waals surface area contributed by atoms with Crippen LogP contribution < -0.4 is 4.72 Å². The number of phenols is 1. The van der Waals surface area contributed by atoms with Gasteiger partial charge in [0.2, 0.25) is 10.0 Å². The Morgan fingerprint density at radius 3 is 2.41 bits per heavy atom. The summed E-state index contributed by atoms with van der Waals surface area (Å²) in [6.07, 6.45) is 1.06. The molecule has 2 aromatic carbocycles. The Labute approximate surface area is 159 Å². The number of carbonyl (C=O) groups is 1. The maximum absolute atomic E-state index is 12.7. The third kappa shape index (κ3) is 4.31.